The average molecular weight is 258 g/mol. The Bertz CT molecular complexity index is 504. The van der Waals surface area contributed by atoms with E-state index in [9.17, 15) is 0 Å². The molecule has 4 nitrogen and oxygen atoms in total. The maximum absolute atomic E-state index is 5.72. The molecule has 1 heterocycles. The van der Waals surface area contributed by atoms with Crippen molar-refractivity contribution in [1.29, 1.82) is 0 Å². The van der Waals surface area contributed by atoms with Crippen LogP contribution in [0, 0.1) is 6.92 Å². The van der Waals surface area contributed by atoms with Crippen LogP contribution < -0.4 is 5.73 Å². The topological polar surface area (TPSA) is 47.1 Å². The molecule has 0 aliphatic carbocycles. The van der Waals surface area contributed by atoms with Gasteiger partial charge in [-0.25, -0.2) is 0 Å². The number of hydrogen-bond donors (Lipinski definition) is 1. The predicted molar refractivity (Wildman–Crippen MR) is 77.6 cm³/mol. The van der Waals surface area contributed by atoms with Crippen LogP contribution in [0.5, 0.6) is 0 Å². The Morgan fingerprint density at radius 2 is 1.95 bits per heavy atom. The summed E-state index contributed by atoms with van der Waals surface area (Å²) in [6.07, 6.45) is 2.09. The largest absolute Gasteiger partial charge is 0.329 e. The van der Waals surface area contributed by atoms with Crippen LogP contribution in [-0.4, -0.2) is 27.8 Å². The van der Waals surface area contributed by atoms with Gasteiger partial charge in [-0.15, -0.1) is 0 Å². The number of rotatable bonds is 6. The van der Waals surface area contributed by atoms with E-state index in [1.54, 1.807) is 0 Å². The third-order valence-electron chi connectivity index (χ3n) is 3.20. The molecule has 0 radical (unpaired) electrons. The van der Waals surface area contributed by atoms with Gasteiger partial charge in [0.05, 0.1) is 5.69 Å². The quantitative estimate of drug-likeness (QED) is 0.857. The van der Waals surface area contributed by atoms with Crippen LogP contribution >= 0.6 is 0 Å². The van der Waals surface area contributed by atoms with Crippen molar-refractivity contribution in [3.05, 3.63) is 53.3 Å². The molecule has 2 N–H and O–H groups in total. The Labute approximate surface area is 114 Å². The zero-order valence-electron chi connectivity index (χ0n) is 11.7. The number of nitrogens with zero attached hydrogens (tertiary/aromatic N) is 3. The first-order valence-electron chi connectivity index (χ1n) is 6.64. The third kappa shape index (κ3) is 3.91. The van der Waals surface area contributed by atoms with Crippen LogP contribution in [0.25, 0.3) is 0 Å². The fourth-order valence-corrected chi connectivity index (χ4v) is 2.28. The van der Waals surface area contributed by atoms with Gasteiger partial charge in [0.15, 0.2) is 0 Å². The zero-order chi connectivity index (χ0) is 13.7. The Kier molecular flexibility index (Phi) is 4.71. The molecule has 19 heavy (non-hydrogen) atoms. The van der Waals surface area contributed by atoms with Crippen molar-refractivity contribution in [3.8, 4) is 0 Å². The lowest BCUT2D eigenvalue weighted by Crippen LogP contribution is -2.28. The second kappa shape index (κ2) is 6.50. The fraction of sp³-hybridized carbons (Fsp3) is 0.400. The molecule has 102 valence electrons. The van der Waals surface area contributed by atoms with Gasteiger partial charge in [0, 0.05) is 45.0 Å². The van der Waals surface area contributed by atoms with Gasteiger partial charge in [-0.3, -0.25) is 9.58 Å². The first-order chi connectivity index (χ1) is 9.19. The predicted octanol–water partition coefficient (Wildman–Crippen LogP) is 1.69. The Morgan fingerprint density at radius 3 is 2.53 bits per heavy atom. The molecule has 0 amide bonds. The standard InChI is InChI=1S/C15H22N4/c1-13-15(11-18(2)17-13)12-19(9-8-16)10-14-6-4-3-5-7-14/h3-7,11H,8-10,12,16H2,1-2H3. The average Bonchev–Trinajstić information content (AvgIpc) is 2.69. The van der Waals surface area contributed by atoms with Gasteiger partial charge in [-0.05, 0) is 12.5 Å². The van der Waals surface area contributed by atoms with Crippen molar-refractivity contribution in [2.24, 2.45) is 12.8 Å². The van der Waals surface area contributed by atoms with Crippen LogP contribution in [0.1, 0.15) is 16.8 Å². The highest BCUT2D eigenvalue weighted by Crippen LogP contribution is 2.11. The molecule has 0 bridgehead atoms. The van der Waals surface area contributed by atoms with Gasteiger partial charge >= 0.3 is 0 Å². The number of nitrogens with two attached hydrogens (primary N) is 1. The summed E-state index contributed by atoms with van der Waals surface area (Å²) in [6, 6.07) is 10.5. The number of hydrogen-bond acceptors (Lipinski definition) is 3. The lowest BCUT2D eigenvalue weighted by molar-refractivity contribution is 0.264. The molecule has 1 aromatic heterocycles. The molecule has 0 saturated carbocycles. The smallest absolute Gasteiger partial charge is 0.0638 e. The molecule has 0 aliphatic rings. The number of benzene rings is 1. The van der Waals surface area contributed by atoms with E-state index in [-0.39, 0.29) is 0 Å². The highest BCUT2D eigenvalue weighted by Gasteiger charge is 2.10. The summed E-state index contributed by atoms with van der Waals surface area (Å²) in [5, 5.41) is 4.39. The van der Waals surface area contributed by atoms with Crippen LogP contribution in [0.2, 0.25) is 0 Å². The van der Waals surface area contributed by atoms with Crippen molar-refractivity contribution in [3.63, 3.8) is 0 Å². The summed E-state index contributed by atoms with van der Waals surface area (Å²) in [6.45, 7) is 5.44. The molecule has 0 fully saturated rings. The lowest BCUT2D eigenvalue weighted by Gasteiger charge is -2.21. The third-order valence-corrected chi connectivity index (χ3v) is 3.20. The number of aromatic nitrogens is 2. The van der Waals surface area contributed by atoms with Crippen LogP contribution in [0.15, 0.2) is 36.5 Å². The maximum atomic E-state index is 5.72. The Balaban J connectivity index is 2.06. The Morgan fingerprint density at radius 1 is 1.21 bits per heavy atom. The van der Waals surface area contributed by atoms with E-state index in [0.29, 0.717) is 6.54 Å². The van der Waals surface area contributed by atoms with Gasteiger partial charge < -0.3 is 5.73 Å². The first kappa shape index (κ1) is 13.8. The van der Waals surface area contributed by atoms with E-state index in [2.05, 4.69) is 47.4 Å². The maximum Gasteiger partial charge on any atom is 0.0638 e. The van der Waals surface area contributed by atoms with Gasteiger partial charge in [0.2, 0.25) is 0 Å². The van der Waals surface area contributed by atoms with E-state index in [4.69, 9.17) is 5.73 Å². The molecule has 0 aliphatic heterocycles. The van der Waals surface area contributed by atoms with E-state index >= 15 is 0 Å². The minimum absolute atomic E-state index is 0.673. The highest BCUT2D eigenvalue weighted by molar-refractivity contribution is 5.17. The second-order valence-corrected chi connectivity index (χ2v) is 4.90. The highest BCUT2D eigenvalue weighted by atomic mass is 15.3. The van der Waals surface area contributed by atoms with Gasteiger partial charge in [-0.1, -0.05) is 30.3 Å². The van der Waals surface area contributed by atoms with Crippen molar-refractivity contribution < 1.29 is 0 Å². The molecular formula is C15H22N4. The van der Waals surface area contributed by atoms with Crippen LogP contribution in [0.4, 0.5) is 0 Å². The minimum Gasteiger partial charge on any atom is -0.329 e. The molecule has 0 unspecified atom stereocenters. The van der Waals surface area contributed by atoms with Gasteiger partial charge in [0.1, 0.15) is 0 Å². The summed E-state index contributed by atoms with van der Waals surface area (Å²) >= 11 is 0. The van der Waals surface area contributed by atoms with Crippen molar-refractivity contribution in [1.82, 2.24) is 14.7 Å². The Hall–Kier alpha value is -1.65. The lowest BCUT2D eigenvalue weighted by atomic mass is 10.2. The normalized spacial score (nSPS) is 11.2. The molecule has 4 heteroatoms. The summed E-state index contributed by atoms with van der Waals surface area (Å²) in [5.41, 5.74) is 9.40. The van der Waals surface area contributed by atoms with Gasteiger partial charge in [0.25, 0.3) is 0 Å². The molecule has 0 saturated heterocycles. The summed E-state index contributed by atoms with van der Waals surface area (Å²) < 4.78 is 1.87. The first-order valence-corrected chi connectivity index (χ1v) is 6.64. The van der Waals surface area contributed by atoms with Gasteiger partial charge in [-0.2, -0.15) is 5.10 Å². The summed E-state index contributed by atoms with van der Waals surface area (Å²) in [5.74, 6) is 0. The second-order valence-electron chi connectivity index (χ2n) is 4.90. The zero-order valence-corrected chi connectivity index (χ0v) is 11.7. The SMILES string of the molecule is Cc1nn(C)cc1CN(CCN)Cc1ccccc1. The van der Waals surface area contributed by atoms with E-state index < -0.39 is 0 Å². The number of aryl methyl sites for hydroxylation is 2. The van der Waals surface area contributed by atoms with Crippen molar-refractivity contribution in [2.45, 2.75) is 20.0 Å². The molecule has 0 atom stereocenters. The molecular weight excluding hydrogens is 236 g/mol. The van der Waals surface area contributed by atoms with E-state index in [1.807, 2.05) is 17.8 Å². The van der Waals surface area contributed by atoms with E-state index in [1.165, 1.54) is 11.1 Å². The molecule has 2 aromatic rings. The molecule has 1 aromatic carbocycles. The molecule has 2 rings (SSSR count). The summed E-state index contributed by atoms with van der Waals surface area (Å²) in [7, 11) is 1.96. The summed E-state index contributed by atoms with van der Waals surface area (Å²) in [4.78, 5) is 2.36. The van der Waals surface area contributed by atoms with Crippen LogP contribution in [0.3, 0.4) is 0 Å². The van der Waals surface area contributed by atoms with Crippen LogP contribution in [-0.2, 0) is 20.1 Å². The monoisotopic (exact) mass is 258 g/mol. The van der Waals surface area contributed by atoms with Crippen molar-refractivity contribution in [2.75, 3.05) is 13.1 Å². The minimum atomic E-state index is 0.673. The van der Waals surface area contributed by atoms with Crippen molar-refractivity contribution >= 4 is 0 Å². The fourth-order valence-electron chi connectivity index (χ4n) is 2.28. The van der Waals surface area contributed by atoms with E-state index in [0.717, 1.165) is 25.3 Å². The molecule has 0 spiro atoms.